The zero-order valence-corrected chi connectivity index (χ0v) is 16.9. The predicted molar refractivity (Wildman–Crippen MR) is 111 cm³/mol. The molecule has 2 aromatic carbocycles. The number of benzene rings is 2. The van der Waals surface area contributed by atoms with Crippen molar-refractivity contribution in [3.8, 4) is 11.5 Å². The van der Waals surface area contributed by atoms with Crippen LogP contribution in [-0.4, -0.2) is 44.0 Å². The van der Waals surface area contributed by atoms with Gasteiger partial charge in [0.05, 0.1) is 14.2 Å². The summed E-state index contributed by atoms with van der Waals surface area (Å²) in [6.45, 7) is 3.91. The molecule has 0 aliphatic rings. The van der Waals surface area contributed by atoms with Crippen molar-refractivity contribution in [2.24, 2.45) is 0 Å². The fourth-order valence-electron chi connectivity index (χ4n) is 3.08. The second-order valence-corrected chi connectivity index (χ2v) is 6.52. The Morgan fingerprint density at radius 3 is 2.48 bits per heavy atom. The van der Waals surface area contributed by atoms with Crippen LogP contribution in [0.25, 0.3) is 11.0 Å². The van der Waals surface area contributed by atoms with Gasteiger partial charge in [-0.3, -0.25) is 9.59 Å². The van der Waals surface area contributed by atoms with Gasteiger partial charge in [0.25, 0.3) is 5.91 Å². The van der Waals surface area contributed by atoms with E-state index in [0.29, 0.717) is 29.3 Å². The van der Waals surface area contributed by atoms with E-state index in [0.717, 1.165) is 10.9 Å². The minimum absolute atomic E-state index is 0.0909. The van der Waals surface area contributed by atoms with Crippen LogP contribution in [0.2, 0.25) is 0 Å². The van der Waals surface area contributed by atoms with Crippen LogP contribution in [-0.2, 0) is 4.79 Å². The average molecular weight is 396 g/mol. The molecule has 3 aromatic rings. The number of carbonyl (C=O) groups is 2. The molecule has 1 N–H and O–H groups in total. The molecule has 0 aliphatic carbocycles. The molecule has 29 heavy (non-hydrogen) atoms. The third kappa shape index (κ3) is 4.34. The van der Waals surface area contributed by atoms with E-state index in [1.165, 1.54) is 4.90 Å². The number of aryl methyl sites for hydroxylation is 1. The summed E-state index contributed by atoms with van der Waals surface area (Å²) in [6.07, 6.45) is 0. The summed E-state index contributed by atoms with van der Waals surface area (Å²) in [5, 5.41) is 3.59. The topological polar surface area (TPSA) is 81.0 Å². The molecule has 0 spiro atoms. The first kappa shape index (κ1) is 20.3. The van der Waals surface area contributed by atoms with Crippen molar-refractivity contribution < 1.29 is 23.5 Å². The van der Waals surface area contributed by atoms with Crippen LogP contribution >= 0.6 is 0 Å². The number of fused-ring (bicyclic) bond motifs is 1. The van der Waals surface area contributed by atoms with Gasteiger partial charge in [-0.05, 0) is 44.2 Å². The standard InChI is InChI=1S/C22H24N2O5/c1-5-24(13-20(25)23-15-7-6-8-16(11-15)27-3)22(26)21-14(2)18-12-17(28-4)9-10-19(18)29-21/h6-12H,5,13H2,1-4H3,(H,23,25). The molecule has 0 saturated carbocycles. The molecule has 1 aromatic heterocycles. The molecule has 152 valence electrons. The maximum absolute atomic E-state index is 13.0. The van der Waals surface area contributed by atoms with Crippen LogP contribution in [0.3, 0.4) is 0 Å². The zero-order valence-electron chi connectivity index (χ0n) is 16.9. The van der Waals surface area contributed by atoms with E-state index < -0.39 is 0 Å². The molecule has 2 amide bonds. The highest BCUT2D eigenvalue weighted by atomic mass is 16.5. The molecule has 0 aliphatic heterocycles. The lowest BCUT2D eigenvalue weighted by Gasteiger charge is -2.19. The lowest BCUT2D eigenvalue weighted by molar-refractivity contribution is -0.116. The Morgan fingerprint density at radius 2 is 1.79 bits per heavy atom. The smallest absolute Gasteiger partial charge is 0.290 e. The molecule has 7 heteroatoms. The SMILES string of the molecule is CCN(CC(=O)Nc1cccc(OC)c1)C(=O)c1oc2ccc(OC)cc2c1C. The molecule has 1 heterocycles. The van der Waals surface area contributed by atoms with Crippen molar-refractivity contribution in [2.45, 2.75) is 13.8 Å². The number of amides is 2. The second-order valence-electron chi connectivity index (χ2n) is 6.52. The number of methoxy groups -OCH3 is 2. The number of anilines is 1. The molecule has 0 atom stereocenters. The summed E-state index contributed by atoms with van der Waals surface area (Å²) in [6, 6.07) is 12.4. The first-order valence-electron chi connectivity index (χ1n) is 9.27. The highest BCUT2D eigenvalue weighted by Gasteiger charge is 2.24. The summed E-state index contributed by atoms with van der Waals surface area (Å²) in [5.41, 5.74) is 1.92. The molecule has 3 rings (SSSR count). The first-order chi connectivity index (χ1) is 14.0. The van der Waals surface area contributed by atoms with Crippen molar-refractivity contribution in [1.29, 1.82) is 0 Å². The number of hydrogen-bond acceptors (Lipinski definition) is 5. The van der Waals surface area contributed by atoms with Gasteiger partial charge in [-0.15, -0.1) is 0 Å². The number of furan rings is 1. The number of rotatable bonds is 7. The summed E-state index contributed by atoms with van der Waals surface area (Å²) in [7, 11) is 3.14. The average Bonchev–Trinajstić information content (AvgIpc) is 3.07. The predicted octanol–water partition coefficient (Wildman–Crippen LogP) is 3.86. The van der Waals surface area contributed by atoms with Crippen LogP contribution in [0, 0.1) is 6.92 Å². The van der Waals surface area contributed by atoms with Crippen LogP contribution in [0.4, 0.5) is 5.69 Å². The largest absolute Gasteiger partial charge is 0.497 e. The fourth-order valence-corrected chi connectivity index (χ4v) is 3.08. The highest BCUT2D eigenvalue weighted by molar-refractivity contribution is 6.02. The molecular formula is C22H24N2O5. The number of nitrogens with one attached hydrogen (secondary N) is 1. The summed E-state index contributed by atoms with van der Waals surface area (Å²) in [4.78, 5) is 26.9. The Bertz CT molecular complexity index is 1040. The van der Waals surface area contributed by atoms with Gasteiger partial charge in [0.2, 0.25) is 5.91 Å². The lowest BCUT2D eigenvalue weighted by Crippen LogP contribution is -2.38. The van der Waals surface area contributed by atoms with E-state index >= 15 is 0 Å². The van der Waals surface area contributed by atoms with Crippen molar-refractivity contribution in [1.82, 2.24) is 4.90 Å². The van der Waals surface area contributed by atoms with Gasteiger partial charge in [0.15, 0.2) is 5.76 Å². The third-order valence-electron chi connectivity index (χ3n) is 4.69. The monoisotopic (exact) mass is 396 g/mol. The van der Waals surface area contributed by atoms with Gasteiger partial charge in [-0.1, -0.05) is 6.07 Å². The van der Waals surface area contributed by atoms with Crippen LogP contribution in [0.5, 0.6) is 11.5 Å². The van der Waals surface area contributed by atoms with Crippen molar-refractivity contribution in [3.63, 3.8) is 0 Å². The minimum atomic E-state index is -0.332. The van der Waals surface area contributed by atoms with E-state index in [-0.39, 0.29) is 24.1 Å². The van der Waals surface area contributed by atoms with Crippen molar-refractivity contribution in [3.05, 3.63) is 53.8 Å². The molecule has 0 fully saturated rings. The number of hydrogen-bond donors (Lipinski definition) is 1. The Hall–Kier alpha value is -3.48. The number of likely N-dealkylation sites (N-methyl/N-ethyl adjacent to an activating group) is 1. The van der Waals surface area contributed by atoms with Gasteiger partial charge in [-0.2, -0.15) is 0 Å². The molecule has 0 bridgehead atoms. The van der Waals surface area contributed by atoms with Crippen molar-refractivity contribution >= 4 is 28.5 Å². The normalized spacial score (nSPS) is 10.6. The van der Waals surface area contributed by atoms with Crippen LogP contribution in [0.1, 0.15) is 23.0 Å². The van der Waals surface area contributed by atoms with E-state index in [9.17, 15) is 9.59 Å². The number of ether oxygens (including phenoxy) is 2. The maximum Gasteiger partial charge on any atom is 0.290 e. The molecule has 0 saturated heterocycles. The Morgan fingerprint density at radius 1 is 1.07 bits per heavy atom. The number of nitrogens with zero attached hydrogens (tertiary/aromatic N) is 1. The van der Waals surface area contributed by atoms with Gasteiger partial charge >= 0.3 is 0 Å². The first-order valence-corrected chi connectivity index (χ1v) is 9.27. The van der Waals surface area contributed by atoms with E-state index in [4.69, 9.17) is 13.9 Å². The Labute approximate surface area is 169 Å². The van der Waals surface area contributed by atoms with E-state index in [1.807, 2.05) is 19.9 Å². The number of carbonyl (C=O) groups excluding carboxylic acids is 2. The maximum atomic E-state index is 13.0. The highest BCUT2D eigenvalue weighted by Crippen LogP contribution is 2.29. The summed E-state index contributed by atoms with van der Waals surface area (Å²) < 4.78 is 16.2. The molecular weight excluding hydrogens is 372 g/mol. The van der Waals surface area contributed by atoms with Gasteiger partial charge in [0, 0.05) is 29.2 Å². The lowest BCUT2D eigenvalue weighted by atomic mass is 10.1. The summed E-state index contributed by atoms with van der Waals surface area (Å²) in [5.74, 6) is 0.916. The van der Waals surface area contributed by atoms with E-state index in [1.54, 1.807) is 50.6 Å². The molecule has 7 nitrogen and oxygen atoms in total. The Kier molecular flexibility index (Phi) is 6.07. The molecule has 0 unspecified atom stereocenters. The second kappa shape index (κ2) is 8.68. The third-order valence-corrected chi connectivity index (χ3v) is 4.69. The van der Waals surface area contributed by atoms with Gasteiger partial charge in [-0.25, -0.2) is 0 Å². The van der Waals surface area contributed by atoms with Crippen LogP contribution < -0.4 is 14.8 Å². The van der Waals surface area contributed by atoms with Gasteiger partial charge in [0.1, 0.15) is 23.6 Å². The van der Waals surface area contributed by atoms with Crippen molar-refractivity contribution in [2.75, 3.05) is 32.6 Å². The van der Waals surface area contributed by atoms with Crippen LogP contribution in [0.15, 0.2) is 46.9 Å². The fraction of sp³-hybridized carbons (Fsp3) is 0.273. The Balaban J connectivity index is 1.77. The quantitative estimate of drug-likeness (QED) is 0.656. The molecule has 0 radical (unpaired) electrons. The van der Waals surface area contributed by atoms with Gasteiger partial charge < -0.3 is 24.1 Å². The summed E-state index contributed by atoms with van der Waals surface area (Å²) >= 11 is 0. The minimum Gasteiger partial charge on any atom is -0.497 e. The van der Waals surface area contributed by atoms with E-state index in [2.05, 4.69) is 5.32 Å². The zero-order chi connectivity index (χ0) is 21.0.